The topological polar surface area (TPSA) is 85.5 Å². The zero-order valence-electron chi connectivity index (χ0n) is 13.6. The van der Waals surface area contributed by atoms with Gasteiger partial charge in [0.2, 0.25) is 0 Å². The summed E-state index contributed by atoms with van der Waals surface area (Å²) in [5, 5.41) is 0. The first-order chi connectivity index (χ1) is 12.1. The van der Waals surface area contributed by atoms with Crippen LogP contribution >= 0.6 is 0 Å². The van der Waals surface area contributed by atoms with E-state index >= 15 is 0 Å². The number of likely N-dealkylation sites (tertiary alicyclic amines) is 1. The Bertz CT molecular complexity index is 804. The van der Waals surface area contributed by atoms with Gasteiger partial charge in [-0.2, -0.15) is 0 Å². The molecule has 0 bridgehead atoms. The zero-order valence-corrected chi connectivity index (χ0v) is 13.6. The maximum Gasteiger partial charge on any atom is 0.271 e. The highest BCUT2D eigenvalue weighted by Crippen LogP contribution is 2.31. The molecule has 25 heavy (non-hydrogen) atoms. The second-order valence-corrected chi connectivity index (χ2v) is 5.79. The summed E-state index contributed by atoms with van der Waals surface area (Å²) in [6, 6.07) is 7.19. The van der Waals surface area contributed by atoms with Gasteiger partial charge in [0.05, 0.1) is 5.56 Å². The lowest BCUT2D eigenvalue weighted by molar-refractivity contribution is 0.0721. The monoisotopic (exact) mass is 343 g/mol. The van der Waals surface area contributed by atoms with Crippen molar-refractivity contribution in [3.63, 3.8) is 0 Å². The van der Waals surface area contributed by atoms with Crippen LogP contribution in [0, 0.1) is 5.82 Å². The number of piperidine rings is 1. The standard InChI is InChI=1S/C18H18FN3O3/c19-13-6-2-3-7-14(13)25-16-12(8-9-21-15(16)17(20)23)18(24)22-10-4-1-5-11-22/h2-3,6-9H,1,4-5,10-11H2,(H2,20,23). The van der Waals surface area contributed by atoms with Crippen molar-refractivity contribution in [2.75, 3.05) is 13.1 Å². The van der Waals surface area contributed by atoms with Crippen LogP contribution in [0.25, 0.3) is 0 Å². The van der Waals surface area contributed by atoms with Gasteiger partial charge in [-0.25, -0.2) is 9.37 Å². The van der Waals surface area contributed by atoms with E-state index in [-0.39, 0.29) is 28.7 Å². The Balaban J connectivity index is 2.03. The lowest BCUT2D eigenvalue weighted by Crippen LogP contribution is -2.36. The normalized spacial score (nSPS) is 14.2. The first-order valence-corrected chi connectivity index (χ1v) is 8.08. The van der Waals surface area contributed by atoms with E-state index in [1.807, 2.05) is 0 Å². The molecule has 1 aliphatic rings. The largest absolute Gasteiger partial charge is 0.451 e. The van der Waals surface area contributed by atoms with Gasteiger partial charge in [-0.15, -0.1) is 0 Å². The number of benzene rings is 1. The Labute approximate surface area is 144 Å². The molecule has 0 unspecified atom stereocenters. The van der Waals surface area contributed by atoms with Crippen molar-refractivity contribution < 1.29 is 18.7 Å². The fourth-order valence-electron chi connectivity index (χ4n) is 2.80. The van der Waals surface area contributed by atoms with Crippen LogP contribution in [0.5, 0.6) is 11.5 Å². The van der Waals surface area contributed by atoms with Crippen molar-refractivity contribution in [3.8, 4) is 11.5 Å². The lowest BCUT2D eigenvalue weighted by atomic mass is 10.1. The number of rotatable bonds is 4. The third-order valence-corrected chi connectivity index (χ3v) is 4.06. The number of aromatic nitrogens is 1. The lowest BCUT2D eigenvalue weighted by Gasteiger charge is -2.27. The van der Waals surface area contributed by atoms with E-state index in [9.17, 15) is 14.0 Å². The number of hydrogen-bond acceptors (Lipinski definition) is 4. The van der Waals surface area contributed by atoms with E-state index in [1.165, 1.54) is 30.5 Å². The second kappa shape index (κ2) is 7.29. The second-order valence-electron chi connectivity index (χ2n) is 5.79. The van der Waals surface area contributed by atoms with E-state index in [4.69, 9.17) is 10.5 Å². The van der Waals surface area contributed by atoms with Crippen LogP contribution in [-0.4, -0.2) is 34.8 Å². The summed E-state index contributed by atoms with van der Waals surface area (Å²) in [5.41, 5.74) is 5.30. The Kier molecular flexibility index (Phi) is 4.92. The third-order valence-electron chi connectivity index (χ3n) is 4.06. The van der Waals surface area contributed by atoms with E-state index in [1.54, 1.807) is 11.0 Å². The molecule has 0 aliphatic carbocycles. The molecule has 1 aliphatic heterocycles. The summed E-state index contributed by atoms with van der Waals surface area (Å²) in [4.78, 5) is 30.1. The molecule has 0 spiro atoms. The van der Waals surface area contributed by atoms with Gasteiger partial charge in [0.25, 0.3) is 11.8 Å². The molecule has 2 N–H and O–H groups in total. The minimum absolute atomic E-state index is 0.106. The van der Waals surface area contributed by atoms with Gasteiger partial charge in [0.15, 0.2) is 23.0 Å². The molecule has 1 fully saturated rings. The van der Waals surface area contributed by atoms with E-state index in [0.717, 1.165) is 19.3 Å². The molecule has 0 saturated carbocycles. The fourth-order valence-corrected chi connectivity index (χ4v) is 2.80. The molecule has 130 valence electrons. The molecular formula is C18H18FN3O3. The van der Waals surface area contributed by atoms with Crippen molar-refractivity contribution in [2.45, 2.75) is 19.3 Å². The maximum absolute atomic E-state index is 13.9. The Morgan fingerprint density at radius 3 is 2.52 bits per heavy atom. The number of carbonyl (C=O) groups is 2. The van der Waals surface area contributed by atoms with Crippen molar-refractivity contribution in [1.29, 1.82) is 0 Å². The molecule has 1 aromatic carbocycles. The highest BCUT2D eigenvalue weighted by atomic mass is 19.1. The summed E-state index contributed by atoms with van der Waals surface area (Å²) >= 11 is 0. The number of pyridine rings is 1. The van der Waals surface area contributed by atoms with Crippen molar-refractivity contribution in [3.05, 3.63) is 53.6 Å². The Morgan fingerprint density at radius 1 is 1.12 bits per heavy atom. The predicted octanol–water partition coefficient (Wildman–Crippen LogP) is 2.74. The molecule has 2 heterocycles. The van der Waals surface area contributed by atoms with Gasteiger partial charge < -0.3 is 15.4 Å². The van der Waals surface area contributed by atoms with Crippen LogP contribution in [0.15, 0.2) is 36.5 Å². The van der Waals surface area contributed by atoms with Crippen molar-refractivity contribution >= 4 is 11.8 Å². The summed E-state index contributed by atoms with van der Waals surface area (Å²) in [5.74, 6) is -1.96. The zero-order chi connectivity index (χ0) is 17.8. The number of nitrogens with zero attached hydrogens (tertiary/aromatic N) is 2. The molecule has 0 radical (unpaired) electrons. The molecular weight excluding hydrogens is 325 g/mol. The van der Waals surface area contributed by atoms with E-state index < -0.39 is 11.7 Å². The maximum atomic E-state index is 13.9. The van der Waals surface area contributed by atoms with Crippen LogP contribution < -0.4 is 10.5 Å². The molecule has 7 heteroatoms. The number of carbonyl (C=O) groups excluding carboxylic acids is 2. The van der Waals surface area contributed by atoms with Gasteiger partial charge in [0, 0.05) is 19.3 Å². The molecule has 1 saturated heterocycles. The highest BCUT2D eigenvalue weighted by Gasteiger charge is 2.26. The molecule has 0 atom stereocenters. The van der Waals surface area contributed by atoms with Crippen molar-refractivity contribution in [2.24, 2.45) is 5.73 Å². The Morgan fingerprint density at radius 2 is 1.84 bits per heavy atom. The number of nitrogens with two attached hydrogens (primary N) is 1. The first-order valence-electron chi connectivity index (χ1n) is 8.08. The number of primary amides is 1. The van der Waals surface area contributed by atoms with E-state index in [2.05, 4.69) is 4.98 Å². The number of para-hydroxylation sites is 1. The minimum atomic E-state index is -0.848. The van der Waals surface area contributed by atoms with Crippen LogP contribution in [0.3, 0.4) is 0 Å². The van der Waals surface area contributed by atoms with Gasteiger partial charge in [-0.1, -0.05) is 12.1 Å². The summed E-state index contributed by atoms with van der Waals surface area (Å²) in [6.07, 6.45) is 4.24. The Hall–Kier alpha value is -2.96. The van der Waals surface area contributed by atoms with Gasteiger partial charge >= 0.3 is 0 Å². The van der Waals surface area contributed by atoms with Gasteiger partial charge in [-0.3, -0.25) is 9.59 Å². The summed E-state index contributed by atoms with van der Waals surface area (Å²) < 4.78 is 19.5. The number of halogens is 1. The number of hydrogen-bond donors (Lipinski definition) is 1. The van der Waals surface area contributed by atoms with Crippen LogP contribution in [0.1, 0.15) is 40.1 Å². The van der Waals surface area contributed by atoms with Gasteiger partial charge in [0.1, 0.15) is 0 Å². The van der Waals surface area contributed by atoms with Crippen LogP contribution in [0.2, 0.25) is 0 Å². The summed E-state index contributed by atoms with van der Waals surface area (Å²) in [7, 11) is 0. The third kappa shape index (κ3) is 3.60. The van der Waals surface area contributed by atoms with Crippen LogP contribution in [0.4, 0.5) is 4.39 Å². The first kappa shape index (κ1) is 16.9. The smallest absolute Gasteiger partial charge is 0.271 e. The quantitative estimate of drug-likeness (QED) is 0.925. The molecule has 3 rings (SSSR count). The molecule has 2 amide bonds. The number of amides is 2. The average Bonchev–Trinajstić information content (AvgIpc) is 2.63. The molecule has 1 aromatic heterocycles. The van der Waals surface area contributed by atoms with Crippen molar-refractivity contribution in [1.82, 2.24) is 9.88 Å². The highest BCUT2D eigenvalue weighted by molar-refractivity contribution is 6.02. The van der Waals surface area contributed by atoms with Crippen LogP contribution in [-0.2, 0) is 0 Å². The van der Waals surface area contributed by atoms with E-state index in [0.29, 0.717) is 13.1 Å². The predicted molar refractivity (Wildman–Crippen MR) is 89.0 cm³/mol. The summed E-state index contributed by atoms with van der Waals surface area (Å²) in [6.45, 7) is 1.26. The van der Waals surface area contributed by atoms with Gasteiger partial charge in [-0.05, 0) is 37.5 Å². The molecule has 6 nitrogen and oxygen atoms in total. The number of ether oxygens (including phenoxy) is 1. The average molecular weight is 343 g/mol. The fraction of sp³-hybridized carbons (Fsp3) is 0.278. The SMILES string of the molecule is NC(=O)c1nccc(C(=O)N2CCCCC2)c1Oc1ccccc1F. The minimum Gasteiger partial charge on any atom is -0.451 e. The molecule has 2 aromatic rings.